The number of halogens is 5. The van der Waals surface area contributed by atoms with Crippen molar-refractivity contribution in [2.45, 2.75) is 116 Å². The topological polar surface area (TPSA) is 25.9 Å². The van der Waals surface area contributed by atoms with Crippen molar-refractivity contribution in [3.05, 3.63) is 30.1 Å². The summed E-state index contributed by atoms with van der Waals surface area (Å²) in [5.41, 5.74) is 1.30. The van der Waals surface area contributed by atoms with Crippen molar-refractivity contribution in [1.82, 2.24) is 24.6 Å². The van der Waals surface area contributed by atoms with Crippen molar-refractivity contribution in [3.63, 3.8) is 0 Å². The van der Waals surface area contributed by atoms with E-state index in [2.05, 4.69) is 57.6 Å². The number of hydrogen-bond donors (Lipinski definition) is 0. The van der Waals surface area contributed by atoms with Crippen molar-refractivity contribution in [2.24, 2.45) is 0 Å². The first-order valence-corrected chi connectivity index (χ1v) is 17.0. The second-order valence-corrected chi connectivity index (χ2v) is 12.4. The van der Waals surface area contributed by atoms with Crippen molar-refractivity contribution >= 4 is 11.6 Å². The Balaban J connectivity index is -0.000000236. The van der Waals surface area contributed by atoms with Crippen LogP contribution in [0.3, 0.4) is 0 Å². The Labute approximate surface area is 329 Å². The number of alkyl halides is 1. The van der Waals surface area contributed by atoms with Gasteiger partial charge in [-0.05, 0) is 45.1 Å². The molecule has 2 aliphatic rings. The average Bonchev–Trinajstić information content (AvgIpc) is 2.95. The van der Waals surface area contributed by atoms with Gasteiger partial charge in [0.2, 0.25) is 0 Å². The smallest absolute Gasteiger partial charge is 1.00 e. The van der Waals surface area contributed by atoms with Gasteiger partial charge >= 0.3 is 34.1 Å². The molecule has 0 N–H and O–H groups in total. The van der Waals surface area contributed by atoms with Gasteiger partial charge in [0.1, 0.15) is 0 Å². The van der Waals surface area contributed by atoms with E-state index in [4.69, 9.17) is 11.6 Å². The average molecular weight is 816 g/mol. The SMILES string of the molecule is CCCCCCCCCCCCCC.CN1CCC(Cl)N2CCN(CCCN(Cc3ccccn3)CC2)CC1.[Cl-].[Cl-].[Cl-].[Cl-].[Mn+2].[Mn+2]. The van der Waals surface area contributed by atoms with Crippen LogP contribution in [-0.4, -0.2) is 96.0 Å². The fraction of sp³-hybridized carbons (Fsp3) is 0.848. The summed E-state index contributed by atoms with van der Waals surface area (Å²) in [4.78, 5) is 14.6. The van der Waals surface area contributed by atoms with Gasteiger partial charge in [0.25, 0.3) is 0 Å². The molecule has 2 radical (unpaired) electrons. The summed E-state index contributed by atoms with van der Waals surface area (Å²) >= 11 is 6.75. The molecule has 45 heavy (non-hydrogen) atoms. The number of aromatic nitrogens is 1. The first-order chi connectivity index (χ1) is 19.1. The largest absolute Gasteiger partial charge is 2.00 e. The summed E-state index contributed by atoms with van der Waals surface area (Å²) in [5, 5.41) is 0. The molecule has 0 amide bonds. The molecule has 0 aromatic carbocycles. The number of likely N-dealkylation sites (N-methyl/N-ethyl adjacent to an activating group) is 1. The van der Waals surface area contributed by atoms with Gasteiger partial charge in [0.15, 0.2) is 0 Å². The fourth-order valence-electron chi connectivity index (χ4n) is 5.62. The van der Waals surface area contributed by atoms with Crippen molar-refractivity contribution in [1.29, 1.82) is 0 Å². The van der Waals surface area contributed by atoms with Crippen LogP contribution in [0.4, 0.5) is 0 Å². The van der Waals surface area contributed by atoms with E-state index < -0.39 is 0 Å². The van der Waals surface area contributed by atoms with Crippen LogP contribution < -0.4 is 49.6 Å². The van der Waals surface area contributed by atoms with Crippen LogP contribution in [0.2, 0.25) is 0 Å². The molecule has 3 heterocycles. The van der Waals surface area contributed by atoms with E-state index in [0.717, 1.165) is 71.0 Å². The predicted molar refractivity (Wildman–Crippen MR) is 171 cm³/mol. The van der Waals surface area contributed by atoms with Gasteiger partial charge in [-0.1, -0.05) is 97.0 Å². The van der Waals surface area contributed by atoms with E-state index in [1.807, 2.05) is 12.3 Å². The molecule has 3 rings (SSSR count). The molecule has 2 saturated heterocycles. The maximum absolute atomic E-state index is 6.75. The van der Waals surface area contributed by atoms with Gasteiger partial charge in [-0.2, -0.15) is 0 Å². The zero-order valence-corrected chi connectivity index (χ0v) is 34.4. The third-order valence-electron chi connectivity index (χ3n) is 8.37. The molecule has 0 saturated carbocycles. The van der Waals surface area contributed by atoms with Crippen LogP contribution in [-0.2, 0) is 40.7 Å². The molecule has 1 aromatic rings. The predicted octanol–water partition coefficient (Wildman–Crippen LogP) is -4.49. The Morgan fingerprint density at radius 1 is 0.667 bits per heavy atom. The van der Waals surface area contributed by atoms with E-state index in [0.29, 0.717) is 0 Å². The molecule has 12 heteroatoms. The van der Waals surface area contributed by atoms with Gasteiger partial charge in [-0.15, -0.1) is 11.6 Å². The molecule has 268 valence electrons. The van der Waals surface area contributed by atoms with Gasteiger partial charge in [0, 0.05) is 58.6 Å². The zero-order valence-electron chi connectivity index (χ0n) is 28.2. The van der Waals surface area contributed by atoms with Gasteiger partial charge in [-0.3, -0.25) is 14.8 Å². The van der Waals surface area contributed by atoms with Crippen molar-refractivity contribution < 1.29 is 83.8 Å². The molecule has 0 spiro atoms. The summed E-state index contributed by atoms with van der Waals surface area (Å²) in [5.74, 6) is 0. The molecule has 2 aliphatic heterocycles. The maximum Gasteiger partial charge on any atom is 2.00 e. The Kier molecular flexibility index (Phi) is 47.5. The zero-order chi connectivity index (χ0) is 28.0. The molecule has 3 atom stereocenters. The van der Waals surface area contributed by atoms with E-state index >= 15 is 0 Å². The number of rotatable bonds is 13. The normalized spacial score (nSPS) is 20.5. The van der Waals surface area contributed by atoms with Crippen LogP contribution in [0.1, 0.15) is 109 Å². The molecular weight excluding hydrogens is 754 g/mol. The third-order valence-corrected chi connectivity index (χ3v) is 8.86. The van der Waals surface area contributed by atoms with E-state index in [1.54, 1.807) is 0 Å². The number of hydrogen-bond acceptors (Lipinski definition) is 5. The van der Waals surface area contributed by atoms with Crippen LogP contribution in [0.15, 0.2) is 24.4 Å². The molecular formula is C33H62Cl5Mn2N5. The Hall–Kier alpha value is 1.48. The standard InChI is InChI=1S/C19H32ClN5.C14H30.4ClH.2Mn/c1-22-10-6-19(20)25-15-13-23(12-11-22)8-4-9-24(14-16-25)17-18-5-2-3-7-21-18;1-3-5-7-9-11-13-14-12-10-8-6-4-2;;;;;;/h2-3,5,7,19H,4,6,8-17H2,1H3;3-14H2,1-2H3;4*1H;;/q;;;;;;2*+2/p-4. The third kappa shape index (κ3) is 29.0. The van der Waals surface area contributed by atoms with E-state index in [1.165, 1.54) is 90.0 Å². The van der Waals surface area contributed by atoms with Crippen LogP contribution in [0.25, 0.3) is 0 Å². The van der Waals surface area contributed by atoms with E-state index in [9.17, 15) is 0 Å². The number of pyridine rings is 1. The molecule has 1 aromatic heterocycles. The van der Waals surface area contributed by atoms with Crippen LogP contribution in [0, 0.1) is 0 Å². The minimum atomic E-state index is 0. The van der Waals surface area contributed by atoms with Crippen LogP contribution >= 0.6 is 11.6 Å². The van der Waals surface area contributed by atoms with Crippen molar-refractivity contribution in [3.8, 4) is 0 Å². The minimum Gasteiger partial charge on any atom is -1.00 e. The Morgan fingerprint density at radius 3 is 1.73 bits per heavy atom. The fourth-order valence-corrected chi connectivity index (χ4v) is 5.92. The Bertz CT molecular complexity index is 689. The second kappa shape index (κ2) is 38.3. The number of fused-ring (bicyclic) bond motifs is 3. The monoisotopic (exact) mass is 813 g/mol. The van der Waals surface area contributed by atoms with E-state index in [-0.39, 0.29) is 89.3 Å². The Morgan fingerprint density at radius 2 is 1.20 bits per heavy atom. The summed E-state index contributed by atoms with van der Waals surface area (Å²) in [6.45, 7) is 15.5. The second-order valence-electron chi connectivity index (χ2n) is 11.9. The summed E-state index contributed by atoms with van der Waals surface area (Å²) < 4.78 is 0. The number of nitrogens with zero attached hydrogens (tertiary/aromatic N) is 5. The first-order valence-electron chi connectivity index (χ1n) is 16.5. The van der Waals surface area contributed by atoms with Gasteiger partial charge in [-0.25, -0.2) is 0 Å². The number of unbranched alkanes of at least 4 members (excludes halogenated alkanes) is 11. The summed E-state index contributed by atoms with van der Waals surface area (Å²) in [6, 6.07) is 6.19. The minimum absolute atomic E-state index is 0. The molecule has 3 unspecified atom stereocenters. The summed E-state index contributed by atoms with van der Waals surface area (Å²) in [7, 11) is 2.22. The van der Waals surface area contributed by atoms with Crippen molar-refractivity contribution in [2.75, 3.05) is 66.0 Å². The quantitative estimate of drug-likeness (QED) is 0.0868. The molecule has 0 aliphatic carbocycles. The first kappa shape index (κ1) is 55.9. The molecule has 5 nitrogen and oxygen atoms in total. The maximum atomic E-state index is 6.75. The van der Waals surface area contributed by atoms with Crippen LogP contribution in [0.5, 0.6) is 0 Å². The molecule has 2 bridgehead atoms. The van der Waals surface area contributed by atoms with Gasteiger partial charge < -0.3 is 59.4 Å². The van der Waals surface area contributed by atoms with Gasteiger partial charge in [0.05, 0.1) is 11.2 Å². The molecule has 2 fully saturated rings. The summed E-state index contributed by atoms with van der Waals surface area (Å²) in [6.07, 6.45) is 21.6.